The van der Waals surface area contributed by atoms with Gasteiger partial charge in [-0.15, -0.1) is 0 Å². The Kier molecular flexibility index (Phi) is 4.10. The van der Waals surface area contributed by atoms with Gasteiger partial charge >= 0.3 is 0 Å². The monoisotopic (exact) mass is 321 g/mol. The number of hydrogen-bond donors (Lipinski definition) is 3. The highest BCUT2D eigenvalue weighted by Crippen LogP contribution is 2.58. The van der Waals surface area contributed by atoms with E-state index in [0.717, 1.165) is 32.4 Å². The Bertz CT molecular complexity index is 611. The van der Waals surface area contributed by atoms with Gasteiger partial charge in [0, 0.05) is 18.5 Å². The van der Waals surface area contributed by atoms with E-state index < -0.39 is 0 Å². The molecule has 1 aromatic carbocycles. The Hall–Kier alpha value is -1.59. The summed E-state index contributed by atoms with van der Waals surface area (Å²) in [6, 6.07) is 5.10. The average molecular weight is 322 g/mol. The predicted octanol–water partition coefficient (Wildman–Crippen LogP) is 2.63. The third-order valence-corrected chi connectivity index (χ3v) is 4.97. The van der Waals surface area contributed by atoms with Crippen LogP contribution in [0.15, 0.2) is 18.2 Å². The van der Waals surface area contributed by atoms with Crippen molar-refractivity contribution in [3.63, 3.8) is 0 Å². The molecule has 1 aliphatic carbocycles. The fraction of sp³-hybridized carbons (Fsp3) is 0.500. The Balaban J connectivity index is 1.63. The fourth-order valence-electron chi connectivity index (χ4n) is 3.31. The quantitative estimate of drug-likeness (QED) is 0.801. The summed E-state index contributed by atoms with van der Waals surface area (Å²) in [7, 11) is 0. The van der Waals surface area contributed by atoms with E-state index in [1.807, 2.05) is 0 Å². The molecule has 3 N–H and O–H groups in total. The molecule has 1 spiro atoms. The number of halogens is 1. The molecule has 2 aliphatic rings. The molecule has 1 saturated carbocycles. The van der Waals surface area contributed by atoms with Crippen LogP contribution >= 0.6 is 11.6 Å². The third kappa shape index (κ3) is 3.10. The van der Waals surface area contributed by atoms with Crippen molar-refractivity contribution >= 4 is 34.8 Å². The van der Waals surface area contributed by atoms with Gasteiger partial charge < -0.3 is 16.0 Å². The van der Waals surface area contributed by atoms with E-state index >= 15 is 0 Å². The first kappa shape index (κ1) is 15.3. The average Bonchev–Trinajstić information content (AvgIpc) is 3.15. The smallest absolute Gasteiger partial charge is 0.228 e. The van der Waals surface area contributed by atoms with Gasteiger partial charge in [-0.05, 0) is 56.0 Å². The lowest BCUT2D eigenvalue weighted by Gasteiger charge is -2.23. The van der Waals surface area contributed by atoms with Gasteiger partial charge in [0.2, 0.25) is 11.8 Å². The summed E-state index contributed by atoms with van der Waals surface area (Å²) in [5, 5.41) is 9.35. The van der Waals surface area contributed by atoms with Gasteiger partial charge in [-0.3, -0.25) is 9.59 Å². The van der Waals surface area contributed by atoms with Gasteiger partial charge in [0.25, 0.3) is 0 Å². The molecular weight excluding hydrogens is 302 g/mol. The lowest BCUT2D eigenvalue weighted by Crippen LogP contribution is -2.31. The summed E-state index contributed by atoms with van der Waals surface area (Å²) in [5.41, 5.74) is 1.42. The molecule has 6 heteroatoms. The number of rotatable bonds is 3. The normalized spacial score (nSPS) is 22.2. The fourth-order valence-corrected chi connectivity index (χ4v) is 3.54. The Morgan fingerprint density at radius 3 is 2.64 bits per heavy atom. The van der Waals surface area contributed by atoms with Crippen LogP contribution in [-0.2, 0) is 9.59 Å². The molecule has 2 amide bonds. The highest BCUT2D eigenvalue weighted by molar-refractivity contribution is 6.34. The zero-order chi connectivity index (χ0) is 15.7. The number of carbonyl (C=O) groups excluding carboxylic acids is 2. The Morgan fingerprint density at radius 1 is 1.27 bits per heavy atom. The lowest BCUT2D eigenvalue weighted by molar-refractivity contribution is -0.118. The van der Waals surface area contributed by atoms with Crippen molar-refractivity contribution in [1.82, 2.24) is 5.32 Å². The molecule has 1 aliphatic heterocycles. The van der Waals surface area contributed by atoms with Crippen LogP contribution in [0.3, 0.4) is 0 Å². The first-order valence-electron chi connectivity index (χ1n) is 7.59. The molecule has 1 aromatic rings. The second-order valence-corrected chi connectivity index (χ2v) is 6.64. The number of amides is 2. The lowest BCUT2D eigenvalue weighted by atomic mass is 9.92. The van der Waals surface area contributed by atoms with E-state index in [0.29, 0.717) is 16.4 Å². The van der Waals surface area contributed by atoms with Crippen molar-refractivity contribution in [2.45, 2.75) is 26.2 Å². The van der Waals surface area contributed by atoms with Crippen molar-refractivity contribution < 1.29 is 9.59 Å². The SMILES string of the molecule is CC(=O)Nc1ccc(NC(=O)C2CC23CCNCC3)c(Cl)c1. The summed E-state index contributed by atoms with van der Waals surface area (Å²) in [6.07, 6.45) is 3.11. The third-order valence-electron chi connectivity index (χ3n) is 4.65. The van der Waals surface area contributed by atoms with Crippen LogP contribution in [0.1, 0.15) is 26.2 Å². The summed E-state index contributed by atoms with van der Waals surface area (Å²) in [6.45, 7) is 3.43. The van der Waals surface area contributed by atoms with Crippen LogP contribution in [0.5, 0.6) is 0 Å². The minimum atomic E-state index is -0.154. The van der Waals surface area contributed by atoms with Crippen LogP contribution in [0, 0.1) is 11.3 Å². The first-order chi connectivity index (χ1) is 10.5. The maximum Gasteiger partial charge on any atom is 0.228 e. The van der Waals surface area contributed by atoms with Gasteiger partial charge in [0.05, 0.1) is 10.7 Å². The van der Waals surface area contributed by atoms with E-state index in [1.165, 1.54) is 6.92 Å². The maximum atomic E-state index is 12.4. The number of anilines is 2. The molecule has 3 rings (SSSR count). The molecular formula is C16H20ClN3O2. The number of nitrogens with one attached hydrogen (secondary N) is 3. The van der Waals surface area contributed by atoms with E-state index in [2.05, 4.69) is 16.0 Å². The molecule has 0 bridgehead atoms. The van der Waals surface area contributed by atoms with E-state index in [-0.39, 0.29) is 23.1 Å². The molecule has 2 fully saturated rings. The second kappa shape index (κ2) is 5.89. The minimum Gasteiger partial charge on any atom is -0.326 e. The molecule has 22 heavy (non-hydrogen) atoms. The van der Waals surface area contributed by atoms with Gasteiger partial charge in [0.1, 0.15) is 0 Å². The summed E-state index contributed by atoms with van der Waals surface area (Å²) >= 11 is 6.18. The van der Waals surface area contributed by atoms with Gasteiger partial charge in [-0.25, -0.2) is 0 Å². The van der Waals surface area contributed by atoms with Crippen LogP contribution in [0.25, 0.3) is 0 Å². The summed E-state index contributed by atoms with van der Waals surface area (Å²) in [5.74, 6) is -0.00422. The topological polar surface area (TPSA) is 70.2 Å². The largest absolute Gasteiger partial charge is 0.326 e. The second-order valence-electron chi connectivity index (χ2n) is 6.23. The summed E-state index contributed by atoms with van der Waals surface area (Å²) < 4.78 is 0. The van der Waals surface area contributed by atoms with Crippen molar-refractivity contribution in [3.05, 3.63) is 23.2 Å². The van der Waals surface area contributed by atoms with Gasteiger partial charge in [0.15, 0.2) is 0 Å². The van der Waals surface area contributed by atoms with Gasteiger partial charge in [-0.1, -0.05) is 11.6 Å². The molecule has 1 unspecified atom stereocenters. The number of piperidine rings is 1. The van der Waals surface area contributed by atoms with Crippen LogP contribution < -0.4 is 16.0 Å². The highest BCUT2D eigenvalue weighted by atomic mass is 35.5. The molecule has 0 aromatic heterocycles. The minimum absolute atomic E-state index is 0.0519. The van der Waals surface area contributed by atoms with Crippen molar-refractivity contribution in [1.29, 1.82) is 0 Å². The molecule has 0 radical (unpaired) electrons. The zero-order valence-corrected chi connectivity index (χ0v) is 13.3. The number of benzene rings is 1. The van der Waals surface area contributed by atoms with Crippen LogP contribution in [0.2, 0.25) is 5.02 Å². The van der Waals surface area contributed by atoms with E-state index in [1.54, 1.807) is 18.2 Å². The van der Waals surface area contributed by atoms with Crippen molar-refractivity contribution in [2.75, 3.05) is 23.7 Å². The molecule has 1 heterocycles. The predicted molar refractivity (Wildman–Crippen MR) is 87.0 cm³/mol. The first-order valence-corrected chi connectivity index (χ1v) is 7.97. The van der Waals surface area contributed by atoms with Crippen LogP contribution in [0.4, 0.5) is 11.4 Å². The maximum absolute atomic E-state index is 12.4. The Morgan fingerprint density at radius 2 is 2.00 bits per heavy atom. The molecule has 5 nitrogen and oxygen atoms in total. The van der Waals surface area contributed by atoms with Crippen molar-refractivity contribution in [2.24, 2.45) is 11.3 Å². The molecule has 1 saturated heterocycles. The van der Waals surface area contributed by atoms with Crippen molar-refractivity contribution in [3.8, 4) is 0 Å². The summed E-state index contributed by atoms with van der Waals surface area (Å²) in [4.78, 5) is 23.4. The zero-order valence-electron chi connectivity index (χ0n) is 12.5. The molecule has 1 atom stereocenters. The number of hydrogen-bond acceptors (Lipinski definition) is 3. The van der Waals surface area contributed by atoms with Crippen LogP contribution in [-0.4, -0.2) is 24.9 Å². The highest BCUT2D eigenvalue weighted by Gasteiger charge is 2.57. The Labute approximate surface area is 134 Å². The number of carbonyl (C=O) groups is 2. The van der Waals surface area contributed by atoms with Gasteiger partial charge in [-0.2, -0.15) is 0 Å². The standard InChI is InChI=1S/C16H20ClN3O2/c1-10(21)19-11-2-3-14(13(17)8-11)20-15(22)12-9-16(12)4-6-18-7-5-16/h2-3,8,12,18H,4-7,9H2,1H3,(H,19,21)(H,20,22). The van der Waals surface area contributed by atoms with E-state index in [9.17, 15) is 9.59 Å². The molecule has 118 valence electrons. The van der Waals surface area contributed by atoms with E-state index in [4.69, 9.17) is 11.6 Å².